The fourth-order valence-electron chi connectivity index (χ4n) is 3.18. The molecule has 0 bridgehead atoms. The molecule has 0 saturated heterocycles. The summed E-state index contributed by atoms with van der Waals surface area (Å²) >= 11 is 0. The Labute approximate surface area is 172 Å². The summed E-state index contributed by atoms with van der Waals surface area (Å²) in [4.78, 5) is 17.0. The molecule has 3 aromatic rings. The number of hydrogen-bond acceptors (Lipinski definition) is 4. The number of rotatable bonds is 8. The zero-order chi connectivity index (χ0) is 20.6. The fraction of sp³-hybridized carbons (Fsp3) is 0.250. The average molecular weight is 389 g/mol. The van der Waals surface area contributed by atoms with Gasteiger partial charge in [0.25, 0.3) is 5.91 Å². The monoisotopic (exact) mass is 389 g/mol. The van der Waals surface area contributed by atoms with Gasteiger partial charge in [-0.1, -0.05) is 50.2 Å². The Morgan fingerprint density at radius 3 is 2.52 bits per heavy atom. The van der Waals surface area contributed by atoms with Gasteiger partial charge in [0, 0.05) is 18.4 Å². The van der Waals surface area contributed by atoms with Gasteiger partial charge in [-0.3, -0.25) is 4.79 Å². The molecule has 0 spiro atoms. The highest BCUT2D eigenvalue weighted by Crippen LogP contribution is 2.24. The van der Waals surface area contributed by atoms with E-state index in [1.165, 1.54) is 0 Å². The van der Waals surface area contributed by atoms with E-state index in [2.05, 4.69) is 35.5 Å². The molecule has 1 aromatic heterocycles. The van der Waals surface area contributed by atoms with Crippen molar-refractivity contribution in [2.45, 2.75) is 26.2 Å². The van der Waals surface area contributed by atoms with Crippen molar-refractivity contribution < 1.29 is 9.53 Å². The SMILES string of the molecule is COc1ccccc1CCNc1ccc(C(=O)Nc2ccccc2C(C)C)cn1. The summed E-state index contributed by atoms with van der Waals surface area (Å²) in [7, 11) is 1.68. The van der Waals surface area contributed by atoms with Crippen LogP contribution in [0.1, 0.15) is 41.3 Å². The molecule has 0 aliphatic heterocycles. The highest BCUT2D eigenvalue weighted by molar-refractivity contribution is 6.04. The third kappa shape index (κ3) is 5.35. The minimum absolute atomic E-state index is 0.161. The largest absolute Gasteiger partial charge is 0.496 e. The van der Waals surface area contributed by atoms with Crippen LogP contribution in [0.5, 0.6) is 5.75 Å². The summed E-state index contributed by atoms with van der Waals surface area (Å²) in [6, 6.07) is 19.4. The standard InChI is InChI=1S/C24H27N3O2/c1-17(2)20-9-5-6-10-21(20)27-24(28)19-12-13-23(26-16-19)25-15-14-18-8-4-7-11-22(18)29-3/h4-13,16-17H,14-15H2,1-3H3,(H,25,26)(H,27,28). The van der Waals surface area contributed by atoms with Crippen LogP contribution in [0.15, 0.2) is 66.9 Å². The van der Waals surface area contributed by atoms with Gasteiger partial charge in [0.05, 0.1) is 12.7 Å². The molecule has 29 heavy (non-hydrogen) atoms. The molecule has 0 unspecified atom stereocenters. The maximum absolute atomic E-state index is 12.6. The second kappa shape index (κ2) is 9.73. The van der Waals surface area contributed by atoms with Gasteiger partial charge >= 0.3 is 0 Å². The van der Waals surface area contributed by atoms with Crippen molar-refractivity contribution in [1.29, 1.82) is 0 Å². The number of anilines is 2. The van der Waals surface area contributed by atoms with Gasteiger partial charge in [0.2, 0.25) is 0 Å². The van der Waals surface area contributed by atoms with Crippen LogP contribution in [-0.4, -0.2) is 24.5 Å². The highest BCUT2D eigenvalue weighted by atomic mass is 16.5. The average Bonchev–Trinajstić information content (AvgIpc) is 2.74. The maximum atomic E-state index is 12.6. The first-order chi connectivity index (χ1) is 14.1. The number of aromatic nitrogens is 1. The molecule has 0 saturated carbocycles. The molecule has 0 aliphatic rings. The molecule has 5 heteroatoms. The van der Waals surface area contributed by atoms with Crippen LogP contribution in [0, 0.1) is 0 Å². The van der Waals surface area contributed by atoms with E-state index in [4.69, 9.17) is 4.74 Å². The van der Waals surface area contributed by atoms with Crippen molar-refractivity contribution in [2.24, 2.45) is 0 Å². The minimum atomic E-state index is -0.161. The zero-order valence-electron chi connectivity index (χ0n) is 17.1. The van der Waals surface area contributed by atoms with E-state index in [-0.39, 0.29) is 5.91 Å². The number of nitrogens with zero attached hydrogens (tertiary/aromatic N) is 1. The second-order valence-corrected chi connectivity index (χ2v) is 7.12. The van der Waals surface area contributed by atoms with Crippen molar-refractivity contribution >= 4 is 17.4 Å². The lowest BCUT2D eigenvalue weighted by Crippen LogP contribution is -2.14. The predicted octanol–water partition coefficient (Wildman–Crippen LogP) is 5.12. The molecule has 2 aromatic carbocycles. The van der Waals surface area contributed by atoms with Crippen molar-refractivity contribution in [3.05, 3.63) is 83.6 Å². The van der Waals surface area contributed by atoms with E-state index in [1.54, 1.807) is 19.4 Å². The van der Waals surface area contributed by atoms with E-state index < -0.39 is 0 Å². The van der Waals surface area contributed by atoms with Gasteiger partial charge in [-0.05, 0) is 47.7 Å². The number of para-hydroxylation sites is 2. The molecule has 0 fully saturated rings. The third-order valence-electron chi connectivity index (χ3n) is 4.75. The van der Waals surface area contributed by atoms with Gasteiger partial charge in [0.1, 0.15) is 11.6 Å². The van der Waals surface area contributed by atoms with Gasteiger partial charge in [-0.2, -0.15) is 0 Å². The molecule has 0 aliphatic carbocycles. The molecule has 1 amide bonds. The van der Waals surface area contributed by atoms with Crippen molar-refractivity contribution in [2.75, 3.05) is 24.3 Å². The second-order valence-electron chi connectivity index (χ2n) is 7.12. The Morgan fingerprint density at radius 2 is 1.79 bits per heavy atom. The number of ether oxygens (including phenoxy) is 1. The topological polar surface area (TPSA) is 63.2 Å². The lowest BCUT2D eigenvalue weighted by atomic mass is 10.0. The normalized spacial score (nSPS) is 10.6. The van der Waals surface area contributed by atoms with Crippen LogP contribution >= 0.6 is 0 Å². The molecule has 1 heterocycles. The Bertz CT molecular complexity index is 952. The highest BCUT2D eigenvalue weighted by Gasteiger charge is 2.11. The lowest BCUT2D eigenvalue weighted by Gasteiger charge is -2.13. The zero-order valence-corrected chi connectivity index (χ0v) is 17.1. The number of hydrogen-bond donors (Lipinski definition) is 2. The van der Waals surface area contributed by atoms with Crippen LogP contribution in [0.3, 0.4) is 0 Å². The van der Waals surface area contributed by atoms with Gasteiger partial charge < -0.3 is 15.4 Å². The first-order valence-corrected chi connectivity index (χ1v) is 9.80. The number of carbonyl (C=O) groups excluding carboxylic acids is 1. The van der Waals surface area contributed by atoms with Gasteiger partial charge in [-0.25, -0.2) is 4.98 Å². The molecule has 5 nitrogen and oxygen atoms in total. The van der Waals surface area contributed by atoms with E-state index in [9.17, 15) is 4.79 Å². The smallest absolute Gasteiger partial charge is 0.257 e. The van der Waals surface area contributed by atoms with E-state index in [1.807, 2.05) is 48.5 Å². The molecular formula is C24H27N3O2. The number of methoxy groups -OCH3 is 1. The predicted molar refractivity (Wildman–Crippen MR) is 118 cm³/mol. The van der Waals surface area contributed by atoms with Crippen LogP contribution in [-0.2, 0) is 6.42 Å². The first kappa shape index (κ1) is 20.4. The van der Waals surface area contributed by atoms with E-state index >= 15 is 0 Å². The van der Waals surface area contributed by atoms with Gasteiger partial charge in [-0.15, -0.1) is 0 Å². The summed E-state index contributed by atoms with van der Waals surface area (Å²) in [6.07, 6.45) is 2.42. The van der Waals surface area contributed by atoms with Crippen LogP contribution < -0.4 is 15.4 Å². The maximum Gasteiger partial charge on any atom is 0.257 e. The first-order valence-electron chi connectivity index (χ1n) is 9.80. The van der Waals surface area contributed by atoms with E-state index in [0.29, 0.717) is 11.5 Å². The number of amides is 1. The van der Waals surface area contributed by atoms with Crippen LogP contribution in [0.25, 0.3) is 0 Å². The lowest BCUT2D eigenvalue weighted by molar-refractivity contribution is 0.102. The third-order valence-corrected chi connectivity index (χ3v) is 4.75. The summed E-state index contributed by atoms with van der Waals surface area (Å²) in [5, 5.41) is 6.28. The summed E-state index contributed by atoms with van der Waals surface area (Å²) in [5.74, 6) is 1.79. The molecule has 0 atom stereocenters. The Balaban J connectivity index is 1.58. The van der Waals surface area contributed by atoms with Crippen molar-refractivity contribution in [3.63, 3.8) is 0 Å². The fourth-order valence-corrected chi connectivity index (χ4v) is 3.18. The number of benzene rings is 2. The number of carbonyl (C=O) groups is 1. The quantitative estimate of drug-likeness (QED) is 0.561. The summed E-state index contributed by atoms with van der Waals surface area (Å²) < 4.78 is 5.37. The summed E-state index contributed by atoms with van der Waals surface area (Å²) in [5.41, 5.74) is 3.62. The van der Waals surface area contributed by atoms with Crippen LogP contribution in [0.2, 0.25) is 0 Å². The molecular weight excluding hydrogens is 362 g/mol. The Kier molecular flexibility index (Phi) is 6.85. The number of pyridine rings is 1. The molecule has 150 valence electrons. The summed E-state index contributed by atoms with van der Waals surface area (Å²) in [6.45, 7) is 4.94. The van der Waals surface area contributed by atoms with Crippen molar-refractivity contribution in [1.82, 2.24) is 4.98 Å². The Hall–Kier alpha value is -3.34. The molecule has 0 radical (unpaired) electrons. The van der Waals surface area contributed by atoms with Crippen molar-refractivity contribution in [3.8, 4) is 5.75 Å². The van der Waals surface area contributed by atoms with E-state index in [0.717, 1.165) is 41.3 Å². The van der Waals surface area contributed by atoms with Crippen LogP contribution in [0.4, 0.5) is 11.5 Å². The van der Waals surface area contributed by atoms with Gasteiger partial charge in [0.15, 0.2) is 0 Å². The minimum Gasteiger partial charge on any atom is -0.496 e. The molecule has 3 rings (SSSR count). The number of nitrogens with one attached hydrogen (secondary N) is 2. The Morgan fingerprint density at radius 1 is 1.03 bits per heavy atom. The molecule has 2 N–H and O–H groups in total.